The number of ketones is 1. The molecule has 0 amide bonds. The van der Waals surface area contributed by atoms with Crippen LogP contribution in [-0.4, -0.2) is 22.7 Å². The first-order valence-corrected chi connectivity index (χ1v) is 12.5. The van der Waals surface area contributed by atoms with Gasteiger partial charge in [-0.05, 0) is 35.7 Å². The van der Waals surface area contributed by atoms with Crippen LogP contribution in [0.5, 0.6) is 5.75 Å². The molecule has 2 aliphatic heterocycles. The number of rotatable bonds is 4. The Hall–Kier alpha value is -3.60. The summed E-state index contributed by atoms with van der Waals surface area (Å²) in [5.74, 6) is 0.312. The monoisotopic (exact) mass is 512 g/mol. The van der Waals surface area contributed by atoms with E-state index in [4.69, 9.17) is 33.0 Å². The molecule has 6 heteroatoms. The van der Waals surface area contributed by atoms with Gasteiger partial charge in [-0.2, -0.15) is 5.10 Å². The van der Waals surface area contributed by atoms with Gasteiger partial charge in [-0.1, -0.05) is 108 Å². The molecule has 0 aliphatic carbocycles. The van der Waals surface area contributed by atoms with Crippen LogP contribution >= 0.6 is 23.2 Å². The van der Waals surface area contributed by atoms with Crippen molar-refractivity contribution in [1.29, 1.82) is 0 Å². The van der Waals surface area contributed by atoms with Gasteiger partial charge in [0.1, 0.15) is 5.75 Å². The van der Waals surface area contributed by atoms with Crippen LogP contribution < -0.4 is 4.74 Å². The number of hydrazone groups is 1. The number of carbonyl (C=O) groups is 1. The number of fused-ring (bicyclic) bond motifs is 3. The Labute approximate surface area is 219 Å². The lowest BCUT2D eigenvalue weighted by atomic mass is 9.95. The van der Waals surface area contributed by atoms with Crippen LogP contribution in [0, 0.1) is 6.92 Å². The zero-order valence-corrected chi connectivity index (χ0v) is 21.0. The second-order valence-electron chi connectivity index (χ2n) is 9.10. The zero-order chi connectivity index (χ0) is 24.8. The van der Waals surface area contributed by atoms with E-state index >= 15 is 0 Å². The molecule has 0 saturated carbocycles. The van der Waals surface area contributed by atoms with Crippen LogP contribution in [0.2, 0.25) is 10.0 Å². The number of halogens is 2. The highest BCUT2D eigenvalue weighted by Crippen LogP contribution is 2.47. The first kappa shape index (κ1) is 22.8. The van der Waals surface area contributed by atoms with Gasteiger partial charge in [-0.15, -0.1) is 0 Å². The van der Waals surface area contributed by atoms with Gasteiger partial charge in [-0.25, -0.2) is 5.01 Å². The van der Waals surface area contributed by atoms with Gasteiger partial charge >= 0.3 is 0 Å². The molecule has 36 heavy (non-hydrogen) atoms. The number of aryl methyl sites for hydroxylation is 1. The summed E-state index contributed by atoms with van der Waals surface area (Å²) >= 11 is 12.9. The molecule has 4 nitrogen and oxygen atoms in total. The lowest BCUT2D eigenvalue weighted by Crippen LogP contribution is -2.46. The van der Waals surface area contributed by atoms with Crippen LogP contribution in [0.1, 0.15) is 39.5 Å². The third-order valence-electron chi connectivity index (χ3n) is 6.69. The quantitative estimate of drug-likeness (QED) is 0.263. The first-order valence-electron chi connectivity index (χ1n) is 11.8. The maximum atomic E-state index is 13.8. The molecular formula is C30H22Cl2N2O2. The fourth-order valence-corrected chi connectivity index (χ4v) is 5.36. The molecule has 0 saturated heterocycles. The Kier molecular flexibility index (Phi) is 5.79. The number of benzene rings is 4. The predicted molar refractivity (Wildman–Crippen MR) is 144 cm³/mol. The summed E-state index contributed by atoms with van der Waals surface area (Å²) < 4.78 is 6.24. The summed E-state index contributed by atoms with van der Waals surface area (Å²) in [5.41, 5.74) is 6.60. The van der Waals surface area contributed by atoms with Gasteiger partial charge in [0.05, 0.1) is 16.8 Å². The molecule has 0 unspecified atom stereocenters. The van der Waals surface area contributed by atoms with Gasteiger partial charge in [0.15, 0.2) is 0 Å². The van der Waals surface area contributed by atoms with Crippen molar-refractivity contribution < 1.29 is 9.53 Å². The topological polar surface area (TPSA) is 41.9 Å². The Morgan fingerprint density at radius 2 is 1.56 bits per heavy atom. The molecule has 0 N–H and O–H groups in total. The predicted octanol–water partition coefficient (Wildman–Crippen LogP) is 7.72. The third-order valence-corrected chi connectivity index (χ3v) is 7.19. The van der Waals surface area contributed by atoms with E-state index in [1.807, 2.05) is 60.7 Å². The maximum Gasteiger partial charge on any atom is 0.251 e. The lowest BCUT2D eigenvalue weighted by Gasteiger charge is -2.37. The van der Waals surface area contributed by atoms with E-state index in [9.17, 15) is 4.79 Å². The van der Waals surface area contributed by atoms with Gasteiger partial charge in [0.2, 0.25) is 5.78 Å². The van der Waals surface area contributed by atoms with E-state index in [0.717, 1.165) is 28.0 Å². The van der Waals surface area contributed by atoms with E-state index < -0.39 is 6.23 Å². The number of nitrogens with zero attached hydrogens (tertiary/aromatic N) is 2. The van der Waals surface area contributed by atoms with E-state index in [-0.39, 0.29) is 11.8 Å². The van der Waals surface area contributed by atoms with Crippen molar-refractivity contribution in [2.24, 2.45) is 5.10 Å². The number of hydrogen-bond donors (Lipinski definition) is 0. The highest BCUT2D eigenvalue weighted by Gasteiger charge is 2.44. The summed E-state index contributed by atoms with van der Waals surface area (Å²) in [6, 6.07) is 29.1. The number of Topliss-reactive ketones (excluding diaryl/α,β-unsaturated/α-hetero) is 1. The SMILES string of the molecule is Cc1ccc(C2=NN3[C@H](C(=O)c4ccc(-c5ccccc5)cc4)Oc4c(Cl)cc(Cl)cc4[C@@H]3C2)cc1. The molecule has 2 atom stereocenters. The number of ether oxygens (including phenoxy) is 1. The second-order valence-corrected chi connectivity index (χ2v) is 9.94. The fourth-order valence-electron chi connectivity index (χ4n) is 4.81. The van der Waals surface area contributed by atoms with Crippen LogP contribution in [0.25, 0.3) is 11.1 Å². The van der Waals surface area contributed by atoms with Crippen molar-refractivity contribution in [2.75, 3.05) is 0 Å². The highest BCUT2D eigenvalue weighted by molar-refractivity contribution is 6.35. The van der Waals surface area contributed by atoms with Crippen molar-refractivity contribution >= 4 is 34.7 Å². The molecule has 2 heterocycles. The summed E-state index contributed by atoms with van der Waals surface area (Å²) in [7, 11) is 0. The largest absolute Gasteiger partial charge is 0.459 e. The number of carbonyl (C=O) groups excluding carboxylic acids is 1. The van der Waals surface area contributed by atoms with Gasteiger partial charge in [0.25, 0.3) is 6.23 Å². The molecule has 178 valence electrons. The van der Waals surface area contributed by atoms with Crippen molar-refractivity contribution in [3.05, 3.63) is 123 Å². The molecule has 0 spiro atoms. The van der Waals surface area contributed by atoms with E-state index in [1.165, 1.54) is 5.56 Å². The van der Waals surface area contributed by atoms with E-state index in [0.29, 0.717) is 27.8 Å². The smallest absolute Gasteiger partial charge is 0.251 e. The number of hydrogen-bond acceptors (Lipinski definition) is 4. The zero-order valence-electron chi connectivity index (χ0n) is 19.5. The molecule has 4 aromatic rings. The van der Waals surface area contributed by atoms with Crippen LogP contribution in [0.3, 0.4) is 0 Å². The summed E-state index contributed by atoms with van der Waals surface area (Å²) in [4.78, 5) is 13.8. The molecule has 6 rings (SSSR count). The van der Waals surface area contributed by atoms with Crippen molar-refractivity contribution in [3.63, 3.8) is 0 Å². The Balaban J connectivity index is 1.38. The first-order chi connectivity index (χ1) is 17.5. The summed E-state index contributed by atoms with van der Waals surface area (Å²) in [5, 5.41) is 7.55. The average Bonchev–Trinajstić information content (AvgIpc) is 3.35. The molecular weight excluding hydrogens is 491 g/mol. The minimum Gasteiger partial charge on any atom is -0.459 e. The second kappa shape index (κ2) is 9.12. The van der Waals surface area contributed by atoms with Crippen LogP contribution in [0.15, 0.2) is 96.1 Å². The normalized spacial score (nSPS) is 18.2. The van der Waals surface area contributed by atoms with Crippen LogP contribution in [-0.2, 0) is 0 Å². The fraction of sp³-hybridized carbons (Fsp3) is 0.133. The molecule has 0 aromatic heterocycles. The Morgan fingerprint density at radius 1 is 0.889 bits per heavy atom. The standard InChI is InChI=1S/C30H22Cl2N2O2/c1-18-7-9-21(10-8-18)26-17-27-24-15-23(31)16-25(32)29(24)36-30(34(27)33-26)28(35)22-13-11-20(12-14-22)19-5-3-2-4-6-19/h2-16,27,30H,17H2,1H3/t27-,30-/m0/s1. The van der Waals surface area contributed by atoms with Crippen molar-refractivity contribution in [2.45, 2.75) is 25.6 Å². The molecule has 0 bridgehead atoms. The summed E-state index contributed by atoms with van der Waals surface area (Å²) in [6.07, 6.45) is -0.320. The van der Waals surface area contributed by atoms with Gasteiger partial charge in [0, 0.05) is 22.6 Å². The minimum atomic E-state index is -0.938. The van der Waals surface area contributed by atoms with E-state index in [2.05, 4.69) is 31.2 Å². The summed E-state index contributed by atoms with van der Waals surface area (Å²) in [6.45, 7) is 2.05. The Bertz CT molecular complexity index is 1480. The maximum absolute atomic E-state index is 13.8. The molecule has 2 aliphatic rings. The molecule has 0 radical (unpaired) electrons. The van der Waals surface area contributed by atoms with Crippen LogP contribution in [0.4, 0.5) is 0 Å². The van der Waals surface area contributed by atoms with Gasteiger partial charge in [-0.3, -0.25) is 4.79 Å². The van der Waals surface area contributed by atoms with Crippen molar-refractivity contribution in [1.82, 2.24) is 5.01 Å². The third kappa shape index (κ3) is 4.06. The van der Waals surface area contributed by atoms with Gasteiger partial charge < -0.3 is 4.74 Å². The van der Waals surface area contributed by atoms with E-state index in [1.54, 1.807) is 11.1 Å². The Morgan fingerprint density at radius 3 is 2.28 bits per heavy atom. The lowest BCUT2D eigenvalue weighted by molar-refractivity contribution is -0.00447. The molecule has 4 aromatic carbocycles. The van der Waals surface area contributed by atoms with Crippen molar-refractivity contribution in [3.8, 4) is 16.9 Å². The highest BCUT2D eigenvalue weighted by atomic mass is 35.5. The average molecular weight is 513 g/mol. The minimum absolute atomic E-state index is 0.176. The molecule has 0 fully saturated rings.